The van der Waals surface area contributed by atoms with Gasteiger partial charge in [0.2, 0.25) is 0 Å². The van der Waals surface area contributed by atoms with E-state index >= 15 is 0 Å². The van der Waals surface area contributed by atoms with Gasteiger partial charge in [0.1, 0.15) is 17.3 Å². The summed E-state index contributed by atoms with van der Waals surface area (Å²) in [6.45, 7) is 2.08. The molecule has 0 atom stereocenters. The second kappa shape index (κ2) is 9.13. The third-order valence-corrected chi connectivity index (χ3v) is 6.25. The van der Waals surface area contributed by atoms with Gasteiger partial charge in [0.05, 0.1) is 0 Å². The highest BCUT2D eigenvalue weighted by atomic mass is 19.3. The van der Waals surface area contributed by atoms with Crippen LogP contribution in [-0.4, -0.2) is 29.8 Å². The first kappa shape index (κ1) is 23.0. The molecule has 35 heavy (non-hydrogen) atoms. The van der Waals surface area contributed by atoms with Crippen molar-refractivity contribution in [3.8, 4) is 22.6 Å². The number of rotatable bonds is 5. The Morgan fingerprint density at radius 2 is 1.74 bits per heavy atom. The number of alkyl halides is 2. The molecule has 7 heteroatoms. The molecule has 4 nitrogen and oxygen atoms in total. The van der Waals surface area contributed by atoms with Crippen LogP contribution in [0.5, 0.6) is 11.5 Å². The molecule has 0 unspecified atom stereocenters. The monoisotopic (exact) mass is 479 g/mol. The fraction of sp³-hybridized carbons (Fsp3) is 0.250. The van der Waals surface area contributed by atoms with E-state index in [-0.39, 0.29) is 31.8 Å². The van der Waals surface area contributed by atoms with Gasteiger partial charge >= 0.3 is 0 Å². The highest BCUT2D eigenvalue weighted by molar-refractivity contribution is 5.95. The number of nitrogens with zero attached hydrogens (tertiary/aromatic N) is 1. The van der Waals surface area contributed by atoms with Crippen molar-refractivity contribution in [2.75, 3.05) is 13.1 Å². The van der Waals surface area contributed by atoms with Crippen LogP contribution >= 0.6 is 0 Å². The van der Waals surface area contributed by atoms with Gasteiger partial charge in [0, 0.05) is 49.4 Å². The first-order chi connectivity index (χ1) is 16.8. The lowest BCUT2D eigenvalue weighted by Gasteiger charge is -2.31. The molecule has 4 aromatic rings. The minimum Gasteiger partial charge on any atom is -0.457 e. The minimum absolute atomic E-state index is 0.0469. The molecule has 0 N–H and O–H groups in total. The molecule has 180 valence electrons. The molecular weight excluding hydrogens is 455 g/mol. The Kier molecular flexibility index (Phi) is 6.01. The number of hydrogen-bond acceptors (Lipinski definition) is 3. The maximum atomic E-state index is 13.7. The summed E-state index contributed by atoms with van der Waals surface area (Å²) in [6, 6.07) is 18.7. The summed E-state index contributed by atoms with van der Waals surface area (Å²) >= 11 is 0. The third kappa shape index (κ3) is 4.90. The standard InChI is InChI=1S/C28H24F3NO3/c1-2-23-15-21-14-20(16-25(26(21)35-23)34-24-5-3-4-22(29)17-24)18-6-8-19(9-7-18)27(33)32-12-10-28(30,31)11-13-32/h3-9,14-17H,2,10-13H2,1H3. The molecule has 1 aliphatic rings. The summed E-state index contributed by atoms with van der Waals surface area (Å²) in [6.07, 6.45) is 0.0907. The molecular formula is C28H24F3NO3. The maximum Gasteiger partial charge on any atom is 0.253 e. The van der Waals surface area contributed by atoms with Gasteiger partial charge < -0.3 is 14.1 Å². The number of carbonyl (C=O) groups is 1. The summed E-state index contributed by atoms with van der Waals surface area (Å²) in [5, 5.41) is 0.847. The zero-order valence-electron chi connectivity index (χ0n) is 19.2. The van der Waals surface area contributed by atoms with Gasteiger partial charge in [0.25, 0.3) is 11.8 Å². The van der Waals surface area contributed by atoms with Crippen molar-refractivity contribution in [3.05, 3.63) is 83.9 Å². The summed E-state index contributed by atoms with van der Waals surface area (Å²) in [7, 11) is 0. The average Bonchev–Trinajstić information content (AvgIpc) is 3.28. The predicted molar refractivity (Wildman–Crippen MR) is 128 cm³/mol. The second-order valence-corrected chi connectivity index (χ2v) is 8.74. The molecule has 2 heterocycles. The highest BCUT2D eigenvalue weighted by Crippen LogP contribution is 2.37. The van der Waals surface area contributed by atoms with E-state index in [2.05, 4.69) is 0 Å². The highest BCUT2D eigenvalue weighted by Gasteiger charge is 2.35. The first-order valence-electron chi connectivity index (χ1n) is 11.6. The van der Waals surface area contributed by atoms with E-state index in [1.54, 1.807) is 24.3 Å². The second-order valence-electron chi connectivity index (χ2n) is 8.74. The van der Waals surface area contributed by atoms with Gasteiger partial charge in [-0.3, -0.25) is 4.79 Å². The SMILES string of the molecule is CCc1cc2cc(-c3ccc(C(=O)N4CCC(F)(F)CC4)cc3)cc(Oc3cccc(F)c3)c2o1. The number of benzene rings is 3. The van der Waals surface area contributed by atoms with Crippen molar-refractivity contribution >= 4 is 16.9 Å². The third-order valence-electron chi connectivity index (χ3n) is 6.25. The van der Waals surface area contributed by atoms with Crippen LogP contribution in [0, 0.1) is 5.82 Å². The van der Waals surface area contributed by atoms with Gasteiger partial charge in [-0.25, -0.2) is 13.2 Å². The Bertz CT molecular complexity index is 1370. The lowest BCUT2D eigenvalue weighted by atomic mass is 10.0. The topological polar surface area (TPSA) is 42.7 Å². The van der Waals surface area contributed by atoms with E-state index in [0.717, 1.165) is 22.3 Å². The molecule has 1 saturated heterocycles. The Hall–Kier alpha value is -3.74. The van der Waals surface area contributed by atoms with Crippen LogP contribution in [0.2, 0.25) is 0 Å². The van der Waals surface area contributed by atoms with Crippen LogP contribution < -0.4 is 4.74 Å². The van der Waals surface area contributed by atoms with Crippen molar-refractivity contribution < 1.29 is 27.1 Å². The van der Waals surface area contributed by atoms with Crippen LogP contribution in [0.4, 0.5) is 13.2 Å². The molecule has 0 bridgehead atoms. The van der Waals surface area contributed by atoms with Gasteiger partial charge in [-0.1, -0.05) is 25.1 Å². The summed E-state index contributed by atoms with van der Waals surface area (Å²) in [4.78, 5) is 14.2. The molecule has 1 aliphatic heterocycles. The van der Waals surface area contributed by atoms with E-state index in [1.165, 1.54) is 17.0 Å². The Labute approximate surface area is 200 Å². The number of halogens is 3. The number of fused-ring (bicyclic) bond motifs is 1. The lowest BCUT2D eigenvalue weighted by Crippen LogP contribution is -2.42. The molecule has 0 radical (unpaired) electrons. The van der Waals surface area contributed by atoms with E-state index in [9.17, 15) is 18.0 Å². The number of carbonyl (C=O) groups excluding carboxylic acids is 1. The molecule has 1 aromatic heterocycles. The summed E-state index contributed by atoms with van der Waals surface area (Å²) in [5.74, 6) is -1.74. The number of furan rings is 1. The zero-order chi connectivity index (χ0) is 24.6. The fourth-order valence-corrected chi connectivity index (χ4v) is 4.27. The van der Waals surface area contributed by atoms with E-state index < -0.39 is 11.7 Å². The van der Waals surface area contributed by atoms with Crippen molar-refractivity contribution in [1.82, 2.24) is 4.90 Å². The van der Waals surface area contributed by atoms with Crippen LogP contribution in [0.1, 0.15) is 35.9 Å². The number of hydrogen-bond donors (Lipinski definition) is 0. The van der Waals surface area contributed by atoms with Crippen molar-refractivity contribution in [3.63, 3.8) is 0 Å². The fourth-order valence-electron chi connectivity index (χ4n) is 4.27. The number of piperidine rings is 1. The number of amides is 1. The number of aryl methyl sites for hydroxylation is 1. The molecule has 1 fully saturated rings. The van der Waals surface area contributed by atoms with E-state index in [0.29, 0.717) is 29.1 Å². The van der Waals surface area contributed by atoms with Crippen LogP contribution in [0.15, 0.2) is 71.1 Å². The molecule has 0 aliphatic carbocycles. The van der Waals surface area contributed by atoms with E-state index in [1.807, 2.05) is 37.3 Å². The zero-order valence-corrected chi connectivity index (χ0v) is 19.2. The van der Waals surface area contributed by atoms with E-state index in [4.69, 9.17) is 9.15 Å². The van der Waals surface area contributed by atoms with Crippen molar-refractivity contribution in [1.29, 1.82) is 0 Å². The molecule has 3 aromatic carbocycles. The Balaban J connectivity index is 1.44. The first-order valence-corrected chi connectivity index (χ1v) is 11.6. The average molecular weight is 479 g/mol. The summed E-state index contributed by atoms with van der Waals surface area (Å²) < 4.78 is 52.5. The quantitative estimate of drug-likeness (QED) is 0.298. The largest absolute Gasteiger partial charge is 0.457 e. The van der Waals surface area contributed by atoms with Gasteiger partial charge in [-0.05, 0) is 53.6 Å². The van der Waals surface area contributed by atoms with Gasteiger partial charge in [-0.15, -0.1) is 0 Å². The Morgan fingerprint density at radius 3 is 2.43 bits per heavy atom. The van der Waals surface area contributed by atoms with Gasteiger partial charge in [-0.2, -0.15) is 0 Å². The molecule has 5 rings (SSSR count). The predicted octanol–water partition coefficient (Wildman–Crippen LogP) is 7.46. The smallest absolute Gasteiger partial charge is 0.253 e. The van der Waals surface area contributed by atoms with Crippen molar-refractivity contribution in [2.24, 2.45) is 0 Å². The van der Waals surface area contributed by atoms with Crippen LogP contribution in [0.3, 0.4) is 0 Å². The van der Waals surface area contributed by atoms with Crippen molar-refractivity contribution in [2.45, 2.75) is 32.1 Å². The lowest BCUT2D eigenvalue weighted by molar-refractivity contribution is -0.0494. The molecule has 0 saturated carbocycles. The van der Waals surface area contributed by atoms with Gasteiger partial charge in [0.15, 0.2) is 11.3 Å². The summed E-state index contributed by atoms with van der Waals surface area (Å²) in [5.41, 5.74) is 2.71. The normalized spacial score (nSPS) is 15.4. The maximum absolute atomic E-state index is 13.7. The molecule has 1 amide bonds. The minimum atomic E-state index is -2.70. The van der Waals surface area contributed by atoms with Crippen LogP contribution in [0.25, 0.3) is 22.1 Å². The van der Waals surface area contributed by atoms with Crippen LogP contribution in [-0.2, 0) is 6.42 Å². The number of ether oxygens (including phenoxy) is 1. The Morgan fingerprint density at radius 1 is 1.00 bits per heavy atom. The molecule has 0 spiro atoms. The number of likely N-dealkylation sites (tertiary alicyclic amines) is 1.